The molecule has 1 aliphatic rings. The average molecular weight is 608 g/mol. The van der Waals surface area contributed by atoms with Crippen LogP contribution in [0.15, 0.2) is 36.5 Å². The Bertz CT molecular complexity index is 1550. The largest absolute Gasteiger partial charge is 0.490 e. The molecule has 0 saturated heterocycles. The molecule has 0 bridgehead atoms. The first kappa shape index (κ1) is 31.3. The maximum absolute atomic E-state index is 13.0. The number of rotatable bonds is 3. The zero-order valence-corrected chi connectivity index (χ0v) is 21.4. The monoisotopic (exact) mass is 608 g/mol. The van der Waals surface area contributed by atoms with Crippen molar-refractivity contribution >= 4 is 55.4 Å². The highest BCUT2D eigenvalue weighted by atomic mass is 32.1. The Kier molecular flexibility index (Phi) is 9.20. The number of benzene rings is 2. The molecule has 1 saturated carbocycles. The highest BCUT2D eigenvalue weighted by Crippen LogP contribution is 2.36. The Labute approximate surface area is 229 Å². The van der Waals surface area contributed by atoms with Gasteiger partial charge in [0.2, 0.25) is 5.91 Å². The van der Waals surface area contributed by atoms with E-state index < -0.39 is 30.5 Å². The summed E-state index contributed by atoms with van der Waals surface area (Å²) in [6, 6.07) is 10.2. The summed E-state index contributed by atoms with van der Waals surface area (Å²) in [6.45, 7) is 2.08. The number of nitrogens with zero attached hydrogens (tertiary/aromatic N) is 2. The van der Waals surface area contributed by atoms with Gasteiger partial charge < -0.3 is 15.5 Å². The second kappa shape index (κ2) is 12.1. The molecule has 9 nitrogen and oxygen atoms in total. The van der Waals surface area contributed by atoms with E-state index in [4.69, 9.17) is 19.8 Å². The van der Waals surface area contributed by atoms with Crippen LogP contribution < -0.4 is 5.32 Å². The van der Waals surface area contributed by atoms with Gasteiger partial charge in [0.1, 0.15) is 6.17 Å². The van der Waals surface area contributed by atoms with Crippen molar-refractivity contribution in [2.75, 3.05) is 5.32 Å². The number of aryl methyl sites for hydroxylation is 1. The maximum atomic E-state index is 13.0. The SMILES string of the molecule is Cc1ccc2[nH]ncc2c1-c1ccc2nc(NC(=O)C3CC(F)C3)sc2c1.O=C(O)C(F)(F)F.O=C(O)C(F)(F)F. The van der Waals surface area contributed by atoms with E-state index in [-0.39, 0.29) is 11.8 Å². The number of thiazole rings is 1. The van der Waals surface area contributed by atoms with Gasteiger partial charge in [-0.05, 0) is 54.7 Å². The Morgan fingerprint density at radius 3 is 2.12 bits per heavy atom. The lowest BCUT2D eigenvalue weighted by atomic mass is 9.83. The summed E-state index contributed by atoms with van der Waals surface area (Å²) in [5.74, 6) is -5.88. The molecule has 4 aromatic rings. The number of anilines is 1. The number of alkyl halides is 7. The molecule has 2 heterocycles. The van der Waals surface area contributed by atoms with Crippen LogP contribution in [0.1, 0.15) is 18.4 Å². The van der Waals surface area contributed by atoms with Crippen LogP contribution in [0.25, 0.3) is 32.2 Å². The molecule has 41 heavy (non-hydrogen) atoms. The molecule has 0 spiro atoms. The van der Waals surface area contributed by atoms with Crippen LogP contribution in [0, 0.1) is 12.8 Å². The molecule has 5 rings (SSSR count). The van der Waals surface area contributed by atoms with Gasteiger partial charge in [0.15, 0.2) is 5.13 Å². The van der Waals surface area contributed by atoms with E-state index in [1.165, 1.54) is 16.9 Å². The van der Waals surface area contributed by atoms with Crippen molar-refractivity contribution in [3.8, 4) is 11.1 Å². The summed E-state index contributed by atoms with van der Waals surface area (Å²) in [4.78, 5) is 34.4. The Morgan fingerprint density at radius 1 is 1.00 bits per heavy atom. The number of aromatic nitrogens is 3. The number of carboxylic acids is 2. The Morgan fingerprint density at radius 2 is 1.59 bits per heavy atom. The zero-order chi connectivity index (χ0) is 30.7. The fraction of sp³-hybridized carbons (Fsp3) is 0.292. The van der Waals surface area contributed by atoms with E-state index in [9.17, 15) is 35.5 Å². The van der Waals surface area contributed by atoms with Gasteiger partial charge in [0.05, 0.1) is 21.9 Å². The minimum absolute atomic E-state index is 0.137. The lowest BCUT2D eigenvalue weighted by Crippen LogP contribution is -2.35. The number of carboxylic acid groups (broad SMARTS) is 2. The van der Waals surface area contributed by atoms with Crippen LogP contribution in [0.5, 0.6) is 0 Å². The number of halogens is 7. The van der Waals surface area contributed by atoms with Crippen LogP contribution in [0.4, 0.5) is 35.9 Å². The van der Waals surface area contributed by atoms with Gasteiger partial charge >= 0.3 is 24.3 Å². The third-order valence-electron chi connectivity index (χ3n) is 5.68. The smallest absolute Gasteiger partial charge is 0.475 e. The molecule has 220 valence electrons. The first-order valence-electron chi connectivity index (χ1n) is 11.4. The number of nitrogens with one attached hydrogen (secondary N) is 2. The van der Waals surface area contributed by atoms with Crippen molar-refractivity contribution < 1.29 is 55.3 Å². The summed E-state index contributed by atoms with van der Waals surface area (Å²) < 4.78 is 77.4. The highest BCUT2D eigenvalue weighted by molar-refractivity contribution is 7.22. The molecular weight excluding hydrogens is 589 g/mol. The first-order valence-corrected chi connectivity index (χ1v) is 12.2. The van der Waals surface area contributed by atoms with Crippen molar-refractivity contribution in [1.82, 2.24) is 15.2 Å². The van der Waals surface area contributed by atoms with E-state index in [0.717, 1.165) is 32.2 Å². The van der Waals surface area contributed by atoms with Gasteiger partial charge in [-0.15, -0.1) is 0 Å². The summed E-state index contributed by atoms with van der Waals surface area (Å²) in [6.07, 6.45) is -8.53. The Balaban J connectivity index is 0.000000276. The van der Waals surface area contributed by atoms with Gasteiger partial charge in [-0.3, -0.25) is 9.89 Å². The number of carbonyl (C=O) groups is 3. The zero-order valence-electron chi connectivity index (χ0n) is 20.6. The van der Waals surface area contributed by atoms with Crippen molar-refractivity contribution in [3.63, 3.8) is 0 Å². The van der Waals surface area contributed by atoms with Crippen molar-refractivity contribution in [1.29, 1.82) is 0 Å². The summed E-state index contributed by atoms with van der Waals surface area (Å²) in [5, 5.41) is 25.9. The number of H-pyrrole nitrogens is 1. The second-order valence-corrected chi connectivity index (χ2v) is 9.68. The number of aromatic amines is 1. The molecule has 2 aromatic carbocycles. The third-order valence-corrected chi connectivity index (χ3v) is 6.61. The summed E-state index contributed by atoms with van der Waals surface area (Å²) in [7, 11) is 0. The Hall–Kier alpha value is -4.28. The second-order valence-electron chi connectivity index (χ2n) is 8.65. The maximum Gasteiger partial charge on any atom is 0.490 e. The number of hydrogen-bond acceptors (Lipinski definition) is 6. The van der Waals surface area contributed by atoms with E-state index in [1.54, 1.807) is 0 Å². The molecule has 0 atom stereocenters. The van der Waals surface area contributed by atoms with Crippen molar-refractivity contribution in [3.05, 3.63) is 42.1 Å². The quantitative estimate of drug-likeness (QED) is 0.206. The third kappa shape index (κ3) is 7.90. The number of hydrogen-bond donors (Lipinski definition) is 4. The van der Waals surface area contributed by atoms with E-state index in [2.05, 4.69) is 39.6 Å². The normalized spacial score (nSPS) is 16.6. The number of fused-ring (bicyclic) bond motifs is 2. The first-order chi connectivity index (χ1) is 19.0. The number of amides is 1. The minimum atomic E-state index is -5.08. The molecule has 2 aromatic heterocycles. The van der Waals surface area contributed by atoms with Crippen molar-refractivity contribution in [2.45, 2.75) is 38.3 Å². The molecule has 1 aliphatic carbocycles. The molecule has 0 unspecified atom stereocenters. The summed E-state index contributed by atoms with van der Waals surface area (Å²) >= 11 is 1.44. The lowest BCUT2D eigenvalue weighted by molar-refractivity contribution is -0.193. The van der Waals surface area contributed by atoms with Crippen LogP contribution in [0.3, 0.4) is 0 Å². The standard InChI is InChI=1S/C20H17FN4OS.2C2HF3O2/c1-10-2-4-15-14(9-22-25-15)18(10)11-3-5-16-17(8-11)27-20(23-16)24-19(26)12-6-13(21)7-12;2*3-2(4,5)1(6)7/h2-5,8-9,12-13H,6-7H2,1H3,(H,22,25)(H,23,24,26);2*(H,6,7). The topological polar surface area (TPSA) is 145 Å². The molecule has 0 aliphatic heterocycles. The van der Waals surface area contributed by atoms with Crippen LogP contribution in [-0.4, -0.2) is 61.8 Å². The molecule has 0 radical (unpaired) electrons. The minimum Gasteiger partial charge on any atom is -0.475 e. The number of aliphatic carboxylic acids is 2. The highest BCUT2D eigenvalue weighted by Gasteiger charge is 2.39. The summed E-state index contributed by atoms with van der Waals surface area (Å²) in [5.41, 5.74) is 5.25. The van der Waals surface area contributed by atoms with E-state index in [1.807, 2.05) is 24.4 Å². The lowest BCUT2D eigenvalue weighted by Gasteiger charge is -2.27. The molecule has 4 N–H and O–H groups in total. The van der Waals surface area contributed by atoms with Gasteiger partial charge in [-0.1, -0.05) is 23.5 Å². The van der Waals surface area contributed by atoms with Gasteiger partial charge in [0.25, 0.3) is 0 Å². The fourth-order valence-electron chi connectivity index (χ4n) is 3.61. The van der Waals surface area contributed by atoms with Crippen molar-refractivity contribution in [2.24, 2.45) is 5.92 Å². The predicted molar refractivity (Wildman–Crippen MR) is 133 cm³/mol. The van der Waals surface area contributed by atoms with E-state index in [0.29, 0.717) is 18.0 Å². The van der Waals surface area contributed by atoms with Gasteiger partial charge in [-0.25, -0.2) is 19.0 Å². The molecule has 1 fully saturated rings. The van der Waals surface area contributed by atoms with Crippen LogP contribution in [0.2, 0.25) is 0 Å². The fourth-order valence-corrected chi connectivity index (χ4v) is 4.52. The number of carbonyl (C=O) groups excluding carboxylic acids is 1. The van der Waals surface area contributed by atoms with Crippen LogP contribution in [-0.2, 0) is 14.4 Å². The predicted octanol–water partition coefficient (Wildman–Crippen LogP) is 6.10. The van der Waals surface area contributed by atoms with Gasteiger partial charge in [0, 0.05) is 11.3 Å². The average Bonchev–Trinajstić information content (AvgIpc) is 3.47. The van der Waals surface area contributed by atoms with E-state index >= 15 is 0 Å². The van der Waals surface area contributed by atoms with Gasteiger partial charge in [-0.2, -0.15) is 31.4 Å². The molecule has 1 amide bonds. The molecule has 17 heteroatoms. The van der Waals surface area contributed by atoms with Crippen LogP contribution >= 0.6 is 11.3 Å². The molecular formula is C24H19F7N4O5S.